The molecule has 0 aliphatic heterocycles. The fourth-order valence-electron chi connectivity index (χ4n) is 1.07. The molecule has 0 radical (unpaired) electrons. The van der Waals surface area contributed by atoms with Crippen molar-refractivity contribution in [3.05, 3.63) is 22.1 Å². The highest BCUT2D eigenvalue weighted by atomic mass is 16.6. The number of nitro groups is 1. The van der Waals surface area contributed by atoms with Crippen molar-refractivity contribution in [3.8, 4) is 0 Å². The summed E-state index contributed by atoms with van der Waals surface area (Å²) in [6.45, 7) is 2.95. The number of aryl methyl sites for hydroxylation is 1. The van der Waals surface area contributed by atoms with Crippen LogP contribution in [0.1, 0.15) is 18.8 Å². The zero-order valence-electron chi connectivity index (χ0n) is 7.67. The van der Waals surface area contributed by atoms with Gasteiger partial charge in [0.25, 0.3) is 0 Å². The van der Waals surface area contributed by atoms with Gasteiger partial charge < -0.3 is 15.2 Å². The van der Waals surface area contributed by atoms with Crippen molar-refractivity contribution in [1.29, 1.82) is 0 Å². The number of rotatable bonds is 3. The Balaban J connectivity index is 3.10. The van der Waals surface area contributed by atoms with Crippen molar-refractivity contribution in [2.75, 3.05) is 0 Å². The molecule has 0 unspecified atom stereocenters. The maximum Gasteiger partial charge on any atom is 0.381 e. The lowest BCUT2D eigenvalue weighted by Crippen LogP contribution is -2.15. The Morgan fingerprint density at radius 2 is 2.36 bits per heavy atom. The summed E-state index contributed by atoms with van der Waals surface area (Å²) in [6.07, 6.45) is 1.12. The monoisotopic (exact) mass is 199 g/mol. The maximum absolute atomic E-state index is 10.6. The van der Waals surface area contributed by atoms with Crippen LogP contribution >= 0.6 is 0 Å². The molecule has 0 aliphatic carbocycles. The minimum absolute atomic E-state index is 0.312. The Bertz CT molecular complexity index is 384. The normalized spacial score (nSPS) is 12.4. The predicted octanol–water partition coefficient (Wildman–Crippen LogP) is 0.745. The number of hydrogen-bond donors (Lipinski definition) is 1. The standard InChI is InChI=1S/C7H9N3O4/c1-4(7(11)12)9-3-6(10(13)14)8-5(9)2/h3-4H,1-2H3,(H,11,12)/t4-/m0/s1. The topological polar surface area (TPSA) is 98.3 Å². The summed E-state index contributed by atoms with van der Waals surface area (Å²) in [5.41, 5.74) is 0. The van der Waals surface area contributed by atoms with Crippen molar-refractivity contribution in [2.24, 2.45) is 0 Å². The highest BCUT2D eigenvalue weighted by molar-refractivity contribution is 5.71. The van der Waals surface area contributed by atoms with Crippen molar-refractivity contribution in [3.63, 3.8) is 0 Å². The van der Waals surface area contributed by atoms with E-state index in [-0.39, 0.29) is 5.82 Å². The number of carboxylic acid groups (broad SMARTS) is 1. The van der Waals surface area contributed by atoms with Crippen LogP contribution in [0, 0.1) is 17.0 Å². The van der Waals surface area contributed by atoms with E-state index in [0.29, 0.717) is 5.82 Å². The molecule has 1 N–H and O–H groups in total. The summed E-state index contributed by atoms with van der Waals surface area (Å²) in [7, 11) is 0. The van der Waals surface area contributed by atoms with E-state index in [0.717, 1.165) is 6.20 Å². The fourth-order valence-corrected chi connectivity index (χ4v) is 1.07. The van der Waals surface area contributed by atoms with Crippen molar-refractivity contribution in [2.45, 2.75) is 19.9 Å². The summed E-state index contributed by atoms with van der Waals surface area (Å²) in [4.78, 5) is 23.9. The molecule has 0 saturated carbocycles. The third kappa shape index (κ3) is 1.70. The zero-order chi connectivity index (χ0) is 10.9. The molecule has 1 heterocycles. The second-order valence-electron chi connectivity index (χ2n) is 2.82. The van der Waals surface area contributed by atoms with Gasteiger partial charge in [0.15, 0.2) is 0 Å². The number of carbonyl (C=O) groups is 1. The molecule has 1 aromatic heterocycles. The van der Waals surface area contributed by atoms with Crippen LogP contribution in [-0.2, 0) is 4.79 Å². The van der Waals surface area contributed by atoms with E-state index in [9.17, 15) is 14.9 Å². The molecule has 0 saturated heterocycles. The molecule has 14 heavy (non-hydrogen) atoms. The molecule has 0 spiro atoms. The van der Waals surface area contributed by atoms with E-state index in [1.54, 1.807) is 0 Å². The molecule has 1 aromatic rings. The second-order valence-corrected chi connectivity index (χ2v) is 2.82. The summed E-state index contributed by atoms with van der Waals surface area (Å²) in [6, 6.07) is -0.851. The van der Waals surface area contributed by atoms with Crippen LogP contribution in [0.3, 0.4) is 0 Å². The number of hydrogen-bond acceptors (Lipinski definition) is 4. The highest BCUT2D eigenvalue weighted by Crippen LogP contribution is 2.15. The van der Waals surface area contributed by atoms with E-state index in [1.807, 2.05) is 0 Å². The molecule has 0 bridgehead atoms. The van der Waals surface area contributed by atoms with Gasteiger partial charge in [0.05, 0.1) is 0 Å². The number of nitrogens with zero attached hydrogens (tertiary/aromatic N) is 3. The molecule has 0 fully saturated rings. The number of aromatic nitrogens is 2. The van der Waals surface area contributed by atoms with Gasteiger partial charge in [0.1, 0.15) is 12.2 Å². The van der Waals surface area contributed by atoms with E-state index in [4.69, 9.17) is 5.11 Å². The van der Waals surface area contributed by atoms with Crippen LogP contribution in [0.5, 0.6) is 0 Å². The lowest BCUT2D eigenvalue weighted by molar-refractivity contribution is -0.389. The maximum atomic E-state index is 10.6. The molecular weight excluding hydrogens is 190 g/mol. The lowest BCUT2D eigenvalue weighted by Gasteiger charge is -2.06. The lowest BCUT2D eigenvalue weighted by atomic mass is 10.3. The molecule has 1 rings (SSSR count). The van der Waals surface area contributed by atoms with Gasteiger partial charge in [-0.1, -0.05) is 0 Å². The number of imidazole rings is 1. The van der Waals surface area contributed by atoms with E-state index >= 15 is 0 Å². The quantitative estimate of drug-likeness (QED) is 0.571. The van der Waals surface area contributed by atoms with Gasteiger partial charge in [-0.3, -0.25) is 4.57 Å². The molecule has 0 amide bonds. The Labute approximate surface area is 79.1 Å². The predicted molar refractivity (Wildman–Crippen MR) is 46.0 cm³/mol. The average Bonchev–Trinajstić information content (AvgIpc) is 2.46. The Morgan fingerprint density at radius 3 is 2.71 bits per heavy atom. The molecule has 7 heteroatoms. The smallest absolute Gasteiger partial charge is 0.381 e. The van der Waals surface area contributed by atoms with Crippen molar-refractivity contribution in [1.82, 2.24) is 9.55 Å². The van der Waals surface area contributed by atoms with Crippen LogP contribution in [0.15, 0.2) is 6.20 Å². The van der Waals surface area contributed by atoms with Gasteiger partial charge >= 0.3 is 11.8 Å². The molecule has 7 nitrogen and oxygen atoms in total. The van der Waals surface area contributed by atoms with Gasteiger partial charge in [-0.05, 0) is 16.8 Å². The van der Waals surface area contributed by atoms with Crippen molar-refractivity contribution >= 4 is 11.8 Å². The molecule has 0 aliphatic rings. The molecule has 0 aromatic carbocycles. The summed E-state index contributed by atoms with van der Waals surface area (Å²) >= 11 is 0. The van der Waals surface area contributed by atoms with Gasteiger partial charge in [-0.2, -0.15) is 0 Å². The van der Waals surface area contributed by atoms with E-state index < -0.39 is 16.9 Å². The van der Waals surface area contributed by atoms with Gasteiger partial charge in [0.2, 0.25) is 5.82 Å². The third-order valence-electron chi connectivity index (χ3n) is 1.87. The molecule has 76 valence electrons. The SMILES string of the molecule is Cc1nc([N+](=O)[O-])cn1[C@@H](C)C(=O)O. The van der Waals surface area contributed by atoms with E-state index in [1.165, 1.54) is 18.4 Å². The Kier molecular flexibility index (Phi) is 2.50. The number of aliphatic carboxylic acids is 1. The third-order valence-corrected chi connectivity index (χ3v) is 1.87. The highest BCUT2D eigenvalue weighted by Gasteiger charge is 2.22. The fraction of sp³-hybridized carbons (Fsp3) is 0.429. The average molecular weight is 199 g/mol. The van der Waals surface area contributed by atoms with Gasteiger partial charge in [-0.25, -0.2) is 4.79 Å². The summed E-state index contributed by atoms with van der Waals surface area (Å²) in [5, 5.41) is 19.0. The van der Waals surface area contributed by atoms with Crippen LogP contribution in [0.25, 0.3) is 0 Å². The van der Waals surface area contributed by atoms with Crippen LogP contribution in [-0.4, -0.2) is 25.6 Å². The first-order valence-corrected chi connectivity index (χ1v) is 3.86. The van der Waals surface area contributed by atoms with E-state index in [2.05, 4.69) is 4.98 Å². The summed E-state index contributed by atoms with van der Waals surface area (Å²) in [5.74, 6) is -1.08. The first-order valence-electron chi connectivity index (χ1n) is 3.86. The number of carboxylic acids is 1. The minimum atomic E-state index is -1.06. The largest absolute Gasteiger partial charge is 0.480 e. The van der Waals surface area contributed by atoms with Gasteiger partial charge in [-0.15, -0.1) is 0 Å². The second kappa shape index (κ2) is 3.44. The minimum Gasteiger partial charge on any atom is -0.480 e. The Morgan fingerprint density at radius 1 is 1.79 bits per heavy atom. The Hall–Kier alpha value is -1.92. The van der Waals surface area contributed by atoms with Crippen molar-refractivity contribution < 1.29 is 14.8 Å². The van der Waals surface area contributed by atoms with Crippen LogP contribution in [0.4, 0.5) is 5.82 Å². The summed E-state index contributed by atoms with van der Waals surface area (Å²) < 4.78 is 1.25. The molecule has 1 atom stereocenters. The molecular formula is C7H9N3O4. The van der Waals surface area contributed by atoms with Crippen LogP contribution in [0.2, 0.25) is 0 Å². The van der Waals surface area contributed by atoms with Crippen LogP contribution < -0.4 is 0 Å². The first kappa shape index (κ1) is 10.2. The van der Waals surface area contributed by atoms with Gasteiger partial charge in [0, 0.05) is 6.92 Å². The zero-order valence-corrected chi connectivity index (χ0v) is 7.67. The first-order chi connectivity index (χ1) is 6.43.